The molecule has 17 heavy (non-hydrogen) atoms. The molecule has 1 saturated heterocycles. The number of aromatic nitrogens is 2. The van der Waals surface area contributed by atoms with Gasteiger partial charge in [0.15, 0.2) is 0 Å². The zero-order valence-electron chi connectivity index (χ0n) is 9.87. The molecule has 0 spiro atoms. The molecular weight excluding hydrogens is 259 g/mol. The van der Waals surface area contributed by atoms with Crippen molar-refractivity contribution in [2.45, 2.75) is 32.2 Å². The van der Waals surface area contributed by atoms with E-state index < -0.39 is 0 Å². The third kappa shape index (κ3) is 4.66. The van der Waals surface area contributed by atoms with Gasteiger partial charge in [0.2, 0.25) is 5.28 Å². The highest BCUT2D eigenvalue weighted by molar-refractivity contribution is 6.28. The predicted molar refractivity (Wildman–Crippen MR) is 73.2 cm³/mol. The number of hydrogen-bond acceptors (Lipinski definition) is 4. The summed E-state index contributed by atoms with van der Waals surface area (Å²) < 4.78 is 0. The quantitative estimate of drug-likeness (QED) is 0.833. The van der Waals surface area contributed by atoms with E-state index >= 15 is 0 Å². The van der Waals surface area contributed by atoms with E-state index in [-0.39, 0.29) is 12.4 Å². The van der Waals surface area contributed by atoms with E-state index in [2.05, 4.69) is 20.6 Å². The first-order valence-corrected chi connectivity index (χ1v) is 6.10. The normalized spacial score (nSPS) is 19.5. The molecule has 0 bridgehead atoms. The fourth-order valence-electron chi connectivity index (χ4n) is 1.95. The largest absolute Gasteiger partial charge is 0.368 e. The molecule has 1 aliphatic heterocycles. The average molecular weight is 277 g/mol. The number of aryl methyl sites for hydroxylation is 1. The second-order valence-electron chi connectivity index (χ2n) is 4.19. The Balaban J connectivity index is 0.00000144. The van der Waals surface area contributed by atoms with Gasteiger partial charge < -0.3 is 10.6 Å². The second-order valence-corrected chi connectivity index (χ2v) is 4.53. The summed E-state index contributed by atoms with van der Waals surface area (Å²) in [4.78, 5) is 8.16. The molecule has 0 saturated carbocycles. The van der Waals surface area contributed by atoms with Gasteiger partial charge in [-0.3, -0.25) is 0 Å². The summed E-state index contributed by atoms with van der Waals surface area (Å²) in [6.07, 6.45) is 3.82. The van der Waals surface area contributed by atoms with Crippen LogP contribution in [0.15, 0.2) is 6.07 Å². The average Bonchev–Trinajstić information content (AvgIpc) is 2.27. The third-order valence-electron chi connectivity index (χ3n) is 2.77. The number of hydrogen-bond donors (Lipinski definition) is 2. The molecule has 0 radical (unpaired) electrons. The van der Waals surface area contributed by atoms with Gasteiger partial charge in [-0.05, 0) is 37.9 Å². The molecule has 1 aromatic heterocycles. The maximum Gasteiger partial charge on any atom is 0.224 e. The van der Waals surface area contributed by atoms with Crippen molar-refractivity contribution < 1.29 is 0 Å². The van der Waals surface area contributed by atoms with Crippen molar-refractivity contribution in [3.63, 3.8) is 0 Å². The predicted octanol–water partition coefficient (Wildman–Crippen LogP) is 2.41. The van der Waals surface area contributed by atoms with E-state index in [0.717, 1.165) is 24.6 Å². The van der Waals surface area contributed by atoms with Gasteiger partial charge >= 0.3 is 0 Å². The zero-order chi connectivity index (χ0) is 11.4. The van der Waals surface area contributed by atoms with Crippen LogP contribution in [-0.2, 0) is 0 Å². The van der Waals surface area contributed by atoms with Crippen LogP contribution in [0.3, 0.4) is 0 Å². The molecule has 0 aliphatic carbocycles. The molecule has 2 heterocycles. The lowest BCUT2D eigenvalue weighted by molar-refractivity contribution is 0.414. The van der Waals surface area contributed by atoms with Crippen LogP contribution < -0.4 is 10.6 Å². The number of halogens is 2. The van der Waals surface area contributed by atoms with Crippen LogP contribution in [0, 0.1) is 6.92 Å². The van der Waals surface area contributed by atoms with E-state index in [1.165, 1.54) is 19.3 Å². The minimum atomic E-state index is 0. The molecule has 0 aromatic carbocycles. The Morgan fingerprint density at radius 3 is 2.94 bits per heavy atom. The number of rotatable bonds is 3. The number of piperidine rings is 1. The van der Waals surface area contributed by atoms with Gasteiger partial charge in [-0.25, -0.2) is 9.97 Å². The van der Waals surface area contributed by atoms with Crippen LogP contribution in [0.1, 0.15) is 25.0 Å². The Kier molecular flexibility index (Phi) is 5.95. The van der Waals surface area contributed by atoms with E-state index in [1.807, 2.05) is 13.0 Å². The number of anilines is 1. The van der Waals surface area contributed by atoms with Crippen molar-refractivity contribution in [1.29, 1.82) is 0 Å². The zero-order valence-corrected chi connectivity index (χ0v) is 11.4. The van der Waals surface area contributed by atoms with Crippen molar-refractivity contribution >= 4 is 29.8 Å². The molecule has 1 fully saturated rings. The molecule has 1 aromatic rings. The van der Waals surface area contributed by atoms with E-state index in [1.54, 1.807) is 0 Å². The summed E-state index contributed by atoms with van der Waals surface area (Å²) in [5.41, 5.74) is 0.888. The fourth-order valence-corrected chi connectivity index (χ4v) is 2.17. The number of nitrogens with zero attached hydrogens (tertiary/aromatic N) is 2. The van der Waals surface area contributed by atoms with Crippen LogP contribution in [0.4, 0.5) is 5.82 Å². The summed E-state index contributed by atoms with van der Waals surface area (Å²) in [6, 6.07) is 2.46. The summed E-state index contributed by atoms with van der Waals surface area (Å²) in [5.74, 6) is 0.810. The maximum atomic E-state index is 5.79. The monoisotopic (exact) mass is 276 g/mol. The summed E-state index contributed by atoms with van der Waals surface area (Å²) in [6.45, 7) is 3.93. The van der Waals surface area contributed by atoms with Crippen LogP contribution in [-0.4, -0.2) is 29.1 Å². The second kappa shape index (κ2) is 6.99. The molecule has 96 valence electrons. The van der Waals surface area contributed by atoms with Gasteiger partial charge in [-0.2, -0.15) is 0 Å². The Labute approximate surface area is 113 Å². The molecule has 1 unspecified atom stereocenters. The first-order chi connectivity index (χ1) is 7.74. The maximum absolute atomic E-state index is 5.79. The lowest BCUT2D eigenvalue weighted by atomic mass is 10.1. The van der Waals surface area contributed by atoms with Gasteiger partial charge in [0.05, 0.1) is 0 Å². The highest BCUT2D eigenvalue weighted by atomic mass is 35.5. The Morgan fingerprint density at radius 1 is 1.47 bits per heavy atom. The minimum Gasteiger partial charge on any atom is -0.368 e. The Bertz CT molecular complexity index is 333. The lowest BCUT2D eigenvalue weighted by Crippen LogP contribution is -2.39. The van der Waals surface area contributed by atoms with Crippen molar-refractivity contribution in [3.8, 4) is 0 Å². The summed E-state index contributed by atoms with van der Waals surface area (Å²) in [5, 5.41) is 7.08. The standard InChI is InChI=1S/C11H17ClN4.ClH/c1-8-6-10(16-11(12)15-8)14-7-9-4-2-3-5-13-9;/h6,9,13H,2-5,7H2,1H3,(H,14,15,16);1H. The van der Waals surface area contributed by atoms with Crippen LogP contribution >= 0.6 is 24.0 Å². The van der Waals surface area contributed by atoms with Crippen LogP contribution in [0.25, 0.3) is 0 Å². The van der Waals surface area contributed by atoms with E-state index in [9.17, 15) is 0 Å². The highest BCUT2D eigenvalue weighted by Crippen LogP contribution is 2.11. The molecule has 2 rings (SSSR count). The van der Waals surface area contributed by atoms with Crippen molar-refractivity contribution in [1.82, 2.24) is 15.3 Å². The Morgan fingerprint density at radius 2 is 2.29 bits per heavy atom. The van der Waals surface area contributed by atoms with Crippen molar-refractivity contribution in [3.05, 3.63) is 17.0 Å². The lowest BCUT2D eigenvalue weighted by Gasteiger charge is -2.23. The molecule has 1 atom stereocenters. The molecule has 2 N–H and O–H groups in total. The SMILES string of the molecule is Cc1cc(NCC2CCCCN2)nc(Cl)n1.Cl. The van der Waals surface area contributed by atoms with Gasteiger partial charge in [-0.1, -0.05) is 6.42 Å². The summed E-state index contributed by atoms with van der Waals surface area (Å²) >= 11 is 5.79. The topological polar surface area (TPSA) is 49.8 Å². The van der Waals surface area contributed by atoms with Gasteiger partial charge in [0.25, 0.3) is 0 Å². The first kappa shape index (κ1) is 14.5. The molecule has 4 nitrogen and oxygen atoms in total. The van der Waals surface area contributed by atoms with Gasteiger partial charge in [0.1, 0.15) is 5.82 Å². The van der Waals surface area contributed by atoms with Gasteiger partial charge in [0, 0.05) is 24.3 Å². The Hall–Kier alpha value is -0.580. The van der Waals surface area contributed by atoms with Crippen LogP contribution in [0.5, 0.6) is 0 Å². The van der Waals surface area contributed by atoms with Crippen LogP contribution in [0.2, 0.25) is 5.28 Å². The molecule has 0 amide bonds. The number of nitrogens with one attached hydrogen (secondary N) is 2. The molecule has 6 heteroatoms. The van der Waals surface area contributed by atoms with Gasteiger partial charge in [-0.15, -0.1) is 12.4 Å². The first-order valence-electron chi connectivity index (χ1n) is 5.72. The molecular formula is C11H18Cl2N4. The highest BCUT2D eigenvalue weighted by Gasteiger charge is 2.12. The van der Waals surface area contributed by atoms with Crippen molar-refractivity contribution in [2.75, 3.05) is 18.4 Å². The van der Waals surface area contributed by atoms with E-state index in [4.69, 9.17) is 11.6 Å². The summed E-state index contributed by atoms with van der Waals surface area (Å²) in [7, 11) is 0. The fraction of sp³-hybridized carbons (Fsp3) is 0.636. The van der Waals surface area contributed by atoms with Crippen molar-refractivity contribution in [2.24, 2.45) is 0 Å². The molecule has 1 aliphatic rings. The third-order valence-corrected chi connectivity index (χ3v) is 2.94. The smallest absolute Gasteiger partial charge is 0.224 e. The minimum absolute atomic E-state index is 0. The van der Waals surface area contributed by atoms with E-state index in [0.29, 0.717) is 11.3 Å².